The maximum atomic E-state index is 13.9. The van der Waals surface area contributed by atoms with E-state index in [2.05, 4.69) is 30.9 Å². The Morgan fingerprint density at radius 1 is 1.14 bits per heavy atom. The van der Waals surface area contributed by atoms with Gasteiger partial charge >= 0.3 is 6.55 Å². The monoisotopic (exact) mass is 592 g/mol. The Morgan fingerprint density at radius 2 is 2.00 bits per heavy atom. The smallest absolute Gasteiger partial charge is 0.333 e. The molecule has 0 saturated heterocycles. The van der Waals surface area contributed by atoms with Crippen molar-refractivity contribution >= 4 is 23.2 Å². The largest absolute Gasteiger partial charge is 0.464 e. The van der Waals surface area contributed by atoms with Crippen LogP contribution >= 0.6 is 11.6 Å². The van der Waals surface area contributed by atoms with Crippen molar-refractivity contribution in [2.45, 2.75) is 38.7 Å². The normalized spacial score (nSPS) is 17.3. The Kier molecular flexibility index (Phi) is 7.33. The van der Waals surface area contributed by atoms with Gasteiger partial charge in [0.15, 0.2) is 5.43 Å². The Hall–Kier alpha value is -4.78. The van der Waals surface area contributed by atoms with E-state index in [0.717, 1.165) is 0 Å². The first-order valence-electron chi connectivity index (χ1n) is 13.1. The molecule has 0 fully saturated rings. The lowest BCUT2D eigenvalue weighted by molar-refractivity contribution is -0.119. The Balaban J connectivity index is 1.45. The van der Waals surface area contributed by atoms with Crippen LogP contribution in [0.15, 0.2) is 70.6 Å². The highest BCUT2D eigenvalue weighted by Crippen LogP contribution is 2.36. The topological polar surface area (TPSA) is 134 Å². The van der Waals surface area contributed by atoms with Crippen LogP contribution < -0.4 is 10.7 Å². The molecule has 1 aliphatic rings. The number of tetrazole rings is 1. The van der Waals surface area contributed by atoms with Crippen LogP contribution in [0.2, 0.25) is 5.02 Å². The minimum absolute atomic E-state index is 0.0481. The Bertz CT molecular complexity index is 1820. The highest BCUT2D eigenvalue weighted by Gasteiger charge is 2.27. The van der Waals surface area contributed by atoms with Gasteiger partial charge < -0.3 is 9.73 Å². The molecule has 1 aliphatic heterocycles. The number of fused-ring (bicyclic) bond motifs is 4. The number of carbonyl (C=O) groups is 1. The quantitative estimate of drug-likeness (QED) is 0.290. The Morgan fingerprint density at radius 3 is 2.76 bits per heavy atom. The van der Waals surface area contributed by atoms with E-state index >= 15 is 0 Å². The van der Waals surface area contributed by atoms with E-state index in [1.54, 1.807) is 37.3 Å². The van der Waals surface area contributed by atoms with Crippen molar-refractivity contribution < 1.29 is 18.0 Å². The van der Waals surface area contributed by atoms with Gasteiger partial charge in [0.05, 0.1) is 29.5 Å². The standard InChI is InChI=1S/C28H23ClF2N8O3/c1-15-3-2-4-18(21-9-16(7-8-32-21)26-22(35-27(15)41)12-34-39(26)28(30)31)20-13-42-25(11-24(20)40)19-10-17(29)5-6-23(19)38-14-33-36-37-38/h5-15,18,28H,2-4H2,1H3,(H,35,41). The number of hydrogen-bond acceptors (Lipinski definition) is 8. The summed E-state index contributed by atoms with van der Waals surface area (Å²) in [6.07, 6.45) is 7.05. The number of alkyl halides is 2. The van der Waals surface area contributed by atoms with Crippen molar-refractivity contribution in [1.29, 1.82) is 0 Å². The van der Waals surface area contributed by atoms with E-state index in [0.29, 0.717) is 57.0 Å². The minimum Gasteiger partial charge on any atom is -0.464 e. The molecule has 11 nitrogen and oxygen atoms in total. The van der Waals surface area contributed by atoms with Crippen LogP contribution in [-0.4, -0.2) is 40.9 Å². The van der Waals surface area contributed by atoms with Crippen LogP contribution in [0.1, 0.15) is 49.9 Å². The summed E-state index contributed by atoms with van der Waals surface area (Å²) in [4.78, 5) is 31.0. The molecule has 5 heterocycles. The molecule has 0 aliphatic carbocycles. The van der Waals surface area contributed by atoms with Gasteiger partial charge in [-0.3, -0.25) is 14.6 Å². The number of aromatic nitrogens is 7. The van der Waals surface area contributed by atoms with Crippen molar-refractivity contribution in [3.05, 3.63) is 87.9 Å². The predicted molar refractivity (Wildman–Crippen MR) is 148 cm³/mol. The van der Waals surface area contributed by atoms with Crippen molar-refractivity contribution in [3.8, 4) is 28.3 Å². The SMILES string of the molecule is CC1CCCC(c2coc(-c3cc(Cl)ccc3-n3cnnn3)cc2=O)c2cc(ccn2)-c2c(cnn2C(F)F)NC1=O. The maximum Gasteiger partial charge on any atom is 0.333 e. The number of hydrogen-bond donors (Lipinski definition) is 1. The third-order valence-corrected chi connectivity index (χ3v) is 7.52. The number of nitrogens with zero attached hydrogens (tertiary/aromatic N) is 7. The first kappa shape index (κ1) is 27.4. The predicted octanol–water partition coefficient (Wildman–Crippen LogP) is 5.48. The second-order valence-electron chi connectivity index (χ2n) is 9.95. The van der Waals surface area contributed by atoms with E-state index in [9.17, 15) is 18.4 Å². The molecule has 1 N–H and O–H groups in total. The summed E-state index contributed by atoms with van der Waals surface area (Å²) in [5.74, 6) is -0.997. The molecule has 2 bridgehead atoms. The minimum atomic E-state index is -2.94. The molecule has 6 rings (SSSR count). The third-order valence-electron chi connectivity index (χ3n) is 7.28. The summed E-state index contributed by atoms with van der Waals surface area (Å²) in [6, 6.07) is 9.60. The van der Waals surface area contributed by atoms with Crippen molar-refractivity contribution in [2.75, 3.05) is 5.32 Å². The molecule has 2 unspecified atom stereocenters. The summed E-state index contributed by atoms with van der Waals surface area (Å²) in [5.41, 5.74) is 2.18. The van der Waals surface area contributed by atoms with Crippen LogP contribution in [0.4, 0.5) is 14.5 Å². The van der Waals surface area contributed by atoms with Gasteiger partial charge in [-0.25, -0.2) is 4.68 Å². The lowest BCUT2D eigenvalue weighted by Crippen LogP contribution is -2.22. The lowest BCUT2D eigenvalue weighted by Gasteiger charge is -2.20. The lowest BCUT2D eigenvalue weighted by atomic mass is 9.88. The summed E-state index contributed by atoms with van der Waals surface area (Å²) in [7, 11) is 0. The van der Waals surface area contributed by atoms with E-state index < -0.39 is 18.4 Å². The number of pyridine rings is 1. The van der Waals surface area contributed by atoms with Gasteiger partial charge in [-0.2, -0.15) is 18.6 Å². The van der Waals surface area contributed by atoms with Crippen molar-refractivity contribution in [3.63, 3.8) is 0 Å². The molecule has 1 aromatic carbocycles. The van der Waals surface area contributed by atoms with Gasteiger partial charge in [0, 0.05) is 51.5 Å². The number of anilines is 1. The van der Waals surface area contributed by atoms with Gasteiger partial charge in [0.1, 0.15) is 12.1 Å². The van der Waals surface area contributed by atoms with Gasteiger partial charge in [0.2, 0.25) is 5.91 Å². The fourth-order valence-electron chi connectivity index (χ4n) is 5.15. The molecule has 0 radical (unpaired) electrons. The molecule has 14 heteroatoms. The van der Waals surface area contributed by atoms with Crippen molar-refractivity contribution in [2.24, 2.45) is 5.92 Å². The average molecular weight is 593 g/mol. The van der Waals surface area contributed by atoms with Crippen LogP contribution in [0.25, 0.3) is 28.3 Å². The number of nitrogens with one attached hydrogen (secondary N) is 1. The average Bonchev–Trinajstić information content (AvgIpc) is 3.66. The molecule has 5 aromatic rings. The van der Waals surface area contributed by atoms with Gasteiger partial charge in [-0.1, -0.05) is 24.9 Å². The fraction of sp³-hybridized carbons (Fsp3) is 0.250. The van der Waals surface area contributed by atoms with E-state index in [1.165, 1.54) is 35.7 Å². The van der Waals surface area contributed by atoms with E-state index in [1.807, 2.05) is 0 Å². The van der Waals surface area contributed by atoms with Crippen LogP contribution in [0.5, 0.6) is 0 Å². The molecule has 2 atom stereocenters. The molecule has 0 saturated carbocycles. The first-order valence-corrected chi connectivity index (χ1v) is 13.5. The summed E-state index contributed by atoms with van der Waals surface area (Å²) in [5, 5.41) is 18.2. The maximum absolute atomic E-state index is 13.9. The van der Waals surface area contributed by atoms with Crippen LogP contribution in [-0.2, 0) is 4.79 Å². The van der Waals surface area contributed by atoms with Crippen molar-refractivity contribution in [1.82, 2.24) is 35.0 Å². The molecular formula is C28H23ClF2N8O3. The van der Waals surface area contributed by atoms with Crippen LogP contribution in [0, 0.1) is 5.92 Å². The highest BCUT2D eigenvalue weighted by atomic mass is 35.5. The summed E-state index contributed by atoms with van der Waals surface area (Å²) < 4.78 is 35.8. The van der Waals surface area contributed by atoms with E-state index in [-0.39, 0.29) is 28.5 Å². The number of rotatable bonds is 4. The van der Waals surface area contributed by atoms with Crippen LogP contribution in [0.3, 0.4) is 0 Å². The van der Waals surface area contributed by atoms with Gasteiger partial charge in [-0.05, 0) is 53.6 Å². The molecule has 42 heavy (non-hydrogen) atoms. The molecule has 214 valence electrons. The molecule has 1 amide bonds. The summed E-state index contributed by atoms with van der Waals surface area (Å²) in [6.45, 7) is -1.17. The van der Waals surface area contributed by atoms with E-state index in [4.69, 9.17) is 16.0 Å². The highest BCUT2D eigenvalue weighted by molar-refractivity contribution is 6.31. The Labute approximate surface area is 242 Å². The second-order valence-corrected chi connectivity index (χ2v) is 10.4. The zero-order chi connectivity index (χ0) is 29.4. The third kappa shape index (κ3) is 5.18. The fourth-order valence-corrected chi connectivity index (χ4v) is 5.32. The zero-order valence-electron chi connectivity index (χ0n) is 22.1. The number of benzene rings is 1. The van der Waals surface area contributed by atoms with Gasteiger partial charge in [-0.15, -0.1) is 5.10 Å². The van der Waals surface area contributed by atoms with Gasteiger partial charge in [0.25, 0.3) is 0 Å². The second kappa shape index (κ2) is 11.2. The molecule has 0 spiro atoms. The summed E-state index contributed by atoms with van der Waals surface area (Å²) >= 11 is 6.26. The molecule has 4 aromatic heterocycles. The molecular weight excluding hydrogens is 570 g/mol. The zero-order valence-corrected chi connectivity index (χ0v) is 22.9. The first-order chi connectivity index (χ1) is 20.3. The number of carbonyl (C=O) groups excluding carboxylic acids is 1. The number of amides is 1. The number of halogens is 3.